The highest BCUT2D eigenvalue weighted by molar-refractivity contribution is 5.83. The van der Waals surface area contributed by atoms with E-state index in [9.17, 15) is 13.6 Å². The average molecular weight is 395 g/mol. The standard InChI is InChI=1S/C22H19F2N3O2/c23-15-5-6-17(18(24)11-15)20-13-27-22(29-20)8-7-21(28)25-10-9-14-12-26-19-4-2-1-3-16(14)19/h1-6,11-13,26H,7-10H2,(H,25,28). The summed E-state index contributed by atoms with van der Waals surface area (Å²) < 4.78 is 32.3. The molecule has 1 amide bonds. The van der Waals surface area contributed by atoms with Gasteiger partial charge < -0.3 is 14.7 Å². The van der Waals surface area contributed by atoms with Crippen LogP contribution in [0.15, 0.2) is 59.3 Å². The Balaban J connectivity index is 1.27. The summed E-state index contributed by atoms with van der Waals surface area (Å²) in [5, 5.41) is 4.04. The molecule has 0 aliphatic rings. The summed E-state index contributed by atoms with van der Waals surface area (Å²) in [5.41, 5.74) is 2.36. The van der Waals surface area contributed by atoms with Crippen molar-refractivity contribution in [1.29, 1.82) is 0 Å². The van der Waals surface area contributed by atoms with Crippen LogP contribution in [0.25, 0.3) is 22.2 Å². The molecule has 4 aromatic rings. The molecule has 0 saturated heterocycles. The highest BCUT2D eigenvalue weighted by Crippen LogP contribution is 2.24. The number of aromatic nitrogens is 2. The number of amides is 1. The molecule has 0 spiro atoms. The van der Waals surface area contributed by atoms with Crippen LogP contribution in [0, 0.1) is 11.6 Å². The number of fused-ring (bicyclic) bond motifs is 1. The highest BCUT2D eigenvalue weighted by Gasteiger charge is 2.13. The van der Waals surface area contributed by atoms with E-state index >= 15 is 0 Å². The van der Waals surface area contributed by atoms with Crippen molar-refractivity contribution in [3.63, 3.8) is 0 Å². The number of carbonyl (C=O) groups excluding carboxylic acids is 1. The molecule has 0 unspecified atom stereocenters. The number of benzene rings is 2. The molecular formula is C22H19F2N3O2. The molecule has 0 fully saturated rings. The van der Waals surface area contributed by atoms with Gasteiger partial charge in [-0.2, -0.15) is 0 Å². The molecule has 0 bridgehead atoms. The number of carbonyl (C=O) groups is 1. The monoisotopic (exact) mass is 395 g/mol. The van der Waals surface area contributed by atoms with Crippen molar-refractivity contribution in [2.45, 2.75) is 19.3 Å². The Labute approximate surface area is 165 Å². The van der Waals surface area contributed by atoms with Gasteiger partial charge in [0.05, 0.1) is 11.8 Å². The molecule has 2 N–H and O–H groups in total. The minimum Gasteiger partial charge on any atom is -0.441 e. The van der Waals surface area contributed by atoms with Gasteiger partial charge in [-0.05, 0) is 30.2 Å². The zero-order chi connectivity index (χ0) is 20.2. The molecule has 0 radical (unpaired) electrons. The fourth-order valence-electron chi connectivity index (χ4n) is 3.22. The second-order valence-electron chi connectivity index (χ2n) is 6.70. The van der Waals surface area contributed by atoms with Crippen LogP contribution in [0.4, 0.5) is 8.78 Å². The molecule has 0 saturated carbocycles. The van der Waals surface area contributed by atoms with Gasteiger partial charge in [0.1, 0.15) is 11.6 Å². The summed E-state index contributed by atoms with van der Waals surface area (Å²) in [7, 11) is 0. The number of para-hydroxylation sites is 1. The highest BCUT2D eigenvalue weighted by atomic mass is 19.1. The molecule has 148 valence electrons. The first-order chi connectivity index (χ1) is 14.1. The number of hydrogen-bond donors (Lipinski definition) is 2. The minimum atomic E-state index is -0.720. The lowest BCUT2D eigenvalue weighted by Crippen LogP contribution is -2.25. The first kappa shape index (κ1) is 18.9. The lowest BCUT2D eigenvalue weighted by atomic mass is 10.1. The maximum Gasteiger partial charge on any atom is 0.220 e. The van der Waals surface area contributed by atoms with Crippen molar-refractivity contribution in [3.8, 4) is 11.3 Å². The van der Waals surface area contributed by atoms with Gasteiger partial charge in [-0.25, -0.2) is 13.8 Å². The summed E-state index contributed by atoms with van der Waals surface area (Å²) in [5.74, 6) is -0.955. The Morgan fingerprint density at radius 2 is 2.00 bits per heavy atom. The second-order valence-corrected chi connectivity index (χ2v) is 6.70. The van der Waals surface area contributed by atoms with E-state index in [1.165, 1.54) is 12.3 Å². The van der Waals surface area contributed by atoms with Crippen molar-refractivity contribution in [3.05, 3.63) is 77.9 Å². The molecule has 5 nitrogen and oxygen atoms in total. The van der Waals surface area contributed by atoms with Gasteiger partial charge in [-0.15, -0.1) is 0 Å². The average Bonchev–Trinajstić information content (AvgIpc) is 3.34. The van der Waals surface area contributed by atoms with Gasteiger partial charge in [0.2, 0.25) is 5.91 Å². The SMILES string of the molecule is O=C(CCc1ncc(-c2ccc(F)cc2F)o1)NCCc1c[nH]c2ccccc12. The normalized spacial score (nSPS) is 11.1. The molecular weight excluding hydrogens is 376 g/mol. The van der Waals surface area contributed by atoms with Crippen LogP contribution in [-0.4, -0.2) is 22.4 Å². The minimum absolute atomic E-state index is 0.113. The number of hydrogen-bond acceptors (Lipinski definition) is 3. The van der Waals surface area contributed by atoms with Gasteiger partial charge in [-0.1, -0.05) is 18.2 Å². The van der Waals surface area contributed by atoms with Gasteiger partial charge >= 0.3 is 0 Å². The van der Waals surface area contributed by atoms with Crippen LogP contribution < -0.4 is 5.32 Å². The maximum atomic E-state index is 13.8. The van der Waals surface area contributed by atoms with E-state index in [1.807, 2.05) is 30.5 Å². The Bertz CT molecular complexity index is 1150. The van der Waals surface area contributed by atoms with Crippen molar-refractivity contribution in [2.75, 3.05) is 6.54 Å². The number of nitrogens with one attached hydrogen (secondary N) is 2. The molecule has 0 aliphatic heterocycles. The van der Waals surface area contributed by atoms with Crippen molar-refractivity contribution < 1.29 is 18.0 Å². The van der Waals surface area contributed by atoms with Crippen LogP contribution in [0.1, 0.15) is 17.9 Å². The van der Waals surface area contributed by atoms with E-state index in [2.05, 4.69) is 15.3 Å². The molecule has 2 aromatic carbocycles. The van der Waals surface area contributed by atoms with E-state index in [4.69, 9.17) is 4.42 Å². The van der Waals surface area contributed by atoms with E-state index < -0.39 is 11.6 Å². The van der Waals surface area contributed by atoms with Crippen LogP contribution >= 0.6 is 0 Å². The largest absolute Gasteiger partial charge is 0.441 e. The number of aryl methyl sites for hydroxylation is 1. The van der Waals surface area contributed by atoms with E-state index in [0.717, 1.165) is 35.0 Å². The number of aromatic amines is 1. The summed E-state index contributed by atoms with van der Waals surface area (Å²) in [6.45, 7) is 0.526. The summed E-state index contributed by atoms with van der Waals surface area (Å²) in [6, 6.07) is 11.3. The quantitative estimate of drug-likeness (QED) is 0.487. The van der Waals surface area contributed by atoms with Crippen LogP contribution in [0.3, 0.4) is 0 Å². The zero-order valence-corrected chi connectivity index (χ0v) is 15.5. The number of rotatable bonds is 7. The third-order valence-corrected chi connectivity index (χ3v) is 4.71. The lowest BCUT2D eigenvalue weighted by Gasteiger charge is -2.04. The first-order valence-electron chi connectivity index (χ1n) is 9.32. The van der Waals surface area contributed by atoms with E-state index in [0.29, 0.717) is 18.9 Å². The molecule has 7 heteroatoms. The fourth-order valence-corrected chi connectivity index (χ4v) is 3.22. The smallest absolute Gasteiger partial charge is 0.220 e. The fraction of sp³-hybridized carbons (Fsp3) is 0.182. The molecule has 2 heterocycles. The first-order valence-corrected chi connectivity index (χ1v) is 9.32. The van der Waals surface area contributed by atoms with Crippen molar-refractivity contribution in [2.24, 2.45) is 0 Å². The van der Waals surface area contributed by atoms with Gasteiger partial charge in [-0.3, -0.25) is 4.79 Å². The predicted molar refractivity (Wildman–Crippen MR) is 105 cm³/mol. The third-order valence-electron chi connectivity index (χ3n) is 4.71. The predicted octanol–water partition coefficient (Wildman–Crippen LogP) is 4.39. The van der Waals surface area contributed by atoms with E-state index in [-0.39, 0.29) is 23.7 Å². The second kappa shape index (κ2) is 8.26. The van der Waals surface area contributed by atoms with Gasteiger partial charge in [0, 0.05) is 42.6 Å². The molecule has 0 aliphatic carbocycles. The zero-order valence-electron chi connectivity index (χ0n) is 15.5. The topological polar surface area (TPSA) is 70.9 Å². The Morgan fingerprint density at radius 1 is 1.14 bits per heavy atom. The lowest BCUT2D eigenvalue weighted by molar-refractivity contribution is -0.121. The number of halogens is 2. The molecule has 2 aromatic heterocycles. The molecule has 4 rings (SSSR count). The maximum absolute atomic E-state index is 13.8. The Morgan fingerprint density at radius 3 is 2.86 bits per heavy atom. The Kier molecular flexibility index (Phi) is 5.37. The number of H-pyrrole nitrogens is 1. The van der Waals surface area contributed by atoms with Crippen LogP contribution in [-0.2, 0) is 17.6 Å². The summed E-state index contributed by atoms with van der Waals surface area (Å²) >= 11 is 0. The Hall–Kier alpha value is -3.48. The van der Waals surface area contributed by atoms with E-state index in [1.54, 1.807) is 0 Å². The number of nitrogens with zero attached hydrogens (tertiary/aromatic N) is 1. The third kappa shape index (κ3) is 4.34. The molecule has 0 atom stereocenters. The van der Waals surface area contributed by atoms with Crippen LogP contribution in [0.2, 0.25) is 0 Å². The van der Waals surface area contributed by atoms with Crippen molar-refractivity contribution in [1.82, 2.24) is 15.3 Å². The number of oxazole rings is 1. The van der Waals surface area contributed by atoms with Crippen LogP contribution in [0.5, 0.6) is 0 Å². The van der Waals surface area contributed by atoms with Gasteiger partial charge in [0.25, 0.3) is 0 Å². The summed E-state index contributed by atoms with van der Waals surface area (Å²) in [4.78, 5) is 19.4. The van der Waals surface area contributed by atoms with Crippen molar-refractivity contribution >= 4 is 16.8 Å². The molecule has 29 heavy (non-hydrogen) atoms. The van der Waals surface area contributed by atoms with Gasteiger partial charge in [0.15, 0.2) is 11.7 Å². The summed E-state index contributed by atoms with van der Waals surface area (Å²) in [6.07, 6.45) is 4.56.